The summed E-state index contributed by atoms with van der Waals surface area (Å²) in [4.78, 5) is 0. The van der Waals surface area contributed by atoms with Crippen molar-refractivity contribution < 1.29 is 29.9 Å². The van der Waals surface area contributed by atoms with Gasteiger partial charge in [-0.1, -0.05) is 13.2 Å². The number of hydrogen-bond acceptors (Lipinski definition) is 6. The van der Waals surface area contributed by atoms with Crippen LogP contribution >= 0.6 is 0 Å². The molecule has 6 nitrogen and oxygen atoms in total. The minimum Gasteiger partial charge on any atom is -0.391 e. The van der Waals surface area contributed by atoms with Crippen molar-refractivity contribution in [1.82, 2.24) is 0 Å². The maximum Gasteiger partial charge on any atom is 0.220 e. The van der Waals surface area contributed by atoms with E-state index in [1.807, 2.05) is 0 Å². The Hall–Kier alpha value is -0.760. The minimum absolute atomic E-state index is 0.751. The van der Waals surface area contributed by atoms with Gasteiger partial charge in [0.05, 0.1) is 13.2 Å². The van der Waals surface area contributed by atoms with E-state index in [0.29, 0.717) is 0 Å². The first-order chi connectivity index (χ1) is 7.03. The molecule has 0 spiro atoms. The highest BCUT2D eigenvalue weighted by Gasteiger charge is 2.35. The van der Waals surface area contributed by atoms with Crippen molar-refractivity contribution in [2.75, 3.05) is 13.2 Å². The van der Waals surface area contributed by atoms with Gasteiger partial charge in [0.15, 0.2) is 12.6 Å². The Labute approximate surface area is 87.7 Å². The van der Waals surface area contributed by atoms with Gasteiger partial charge in [0.2, 0.25) is 5.79 Å². The van der Waals surface area contributed by atoms with E-state index in [1.54, 1.807) is 0 Å². The largest absolute Gasteiger partial charge is 0.391 e. The van der Waals surface area contributed by atoms with Gasteiger partial charge in [-0.3, -0.25) is 0 Å². The molecule has 2 unspecified atom stereocenters. The monoisotopic (exact) mass is 220 g/mol. The maximum absolute atomic E-state index is 9.09. The third kappa shape index (κ3) is 4.52. The molecule has 2 atom stereocenters. The van der Waals surface area contributed by atoms with Crippen LogP contribution in [0.4, 0.5) is 0 Å². The highest BCUT2D eigenvalue weighted by Crippen LogP contribution is 2.16. The molecule has 0 fully saturated rings. The Morgan fingerprint density at radius 2 is 1.33 bits per heavy atom. The molecule has 0 aromatic carbocycles. The predicted octanol–water partition coefficient (Wildman–Crippen LogP) is -1.29. The third-order valence-corrected chi connectivity index (χ3v) is 1.56. The van der Waals surface area contributed by atoms with Gasteiger partial charge in [-0.05, 0) is 12.2 Å². The second kappa shape index (κ2) is 6.67. The summed E-state index contributed by atoms with van der Waals surface area (Å²) >= 11 is 0. The lowest BCUT2D eigenvalue weighted by atomic mass is 10.3. The van der Waals surface area contributed by atoms with Crippen molar-refractivity contribution in [3.05, 3.63) is 25.3 Å². The number of aliphatic hydroxyl groups is 4. The van der Waals surface area contributed by atoms with Gasteiger partial charge < -0.3 is 29.9 Å². The summed E-state index contributed by atoms with van der Waals surface area (Å²) in [6, 6.07) is 0. The Balaban J connectivity index is 4.55. The average Bonchev–Trinajstić information content (AvgIpc) is 2.27. The molecule has 0 amide bonds. The normalized spacial score (nSPS) is 15.7. The topological polar surface area (TPSA) is 99.4 Å². The van der Waals surface area contributed by atoms with E-state index in [0.717, 1.165) is 12.2 Å². The van der Waals surface area contributed by atoms with E-state index in [-0.39, 0.29) is 0 Å². The number of aliphatic hydroxyl groups excluding tert-OH is 4. The summed E-state index contributed by atoms with van der Waals surface area (Å²) in [6.07, 6.45) is -0.796. The lowest BCUT2D eigenvalue weighted by molar-refractivity contribution is -0.343. The second-order valence-corrected chi connectivity index (χ2v) is 2.72. The summed E-state index contributed by atoms with van der Waals surface area (Å²) in [5.74, 6) is -1.90. The third-order valence-electron chi connectivity index (χ3n) is 1.56. The van der Waals surface area contributed by atoms with Crippen LogP contribution in [0.1, 0.15) is 0 Å². The molecule has 0 radical (unpaired) electrons. The fourth-order valence-corrected chi connectivity index (χ4v) is 0.763. The highest BCUT2D eigenvalue weighted by molar-refractivity contribution is 4.79. The van der Waals surface area contributed by atoms with E-state index in [9.17, 15) is 0 Å². The molecule has 0 aliphatic carbocycles. The van der Waals surface area contributed by atoms with Crippen LogP contribution in [0.25, 0.3) is 0 Å². The van der Waals surface area contributed by atoms with Gasteiger partial charge in [-0.2, -0.15) is 0 Å². The molecule has 6 heteroatoms. The van der Waals surface area contributed by atoms with Crippen LogP contribution in [0.15, 0.2) is 25.3 Å². The number of hydrogen-bond donors (Lipinski definition) is 4. The van der Waals surface area contributed by atoms with Crippen LogP contribution in [-0.2, 0) is 9.47 Å². The van der Waals surface area contributed by atoms with E-state index >= 15 is 0 Å². The van der Waals surface area contributed by atoms with Crippen molar-refractivity contribution in [3.63, 3.8) is 0 Å². The van der Waals surface area contributed by atoms with Crippen LogP contribution in [0.2, 0.25) is 0 Å². The van der Waals surface area contributed by atoms with Gasteiger partial charge in [0.25, 0.3) is 0 Å². The van der Waals surface area contributed by atoms with Crippen LogP contribution in [-0.4, -0.2) is 52.0 Å². The van der Waals surface area contributed by atoms with Crippen molar-refractivity contribution in [2.24, 2.45) is 0 Å². The van der Waals surface area contributed by atoms with Crippen molar-refractivity contribution in [3.8, 4) is 0 Å². The van der Waals surface area contributed by atoms with Crippen LogP contribution in [0.5, 0.6) is 0 Å². The quantitative estimate of drug-likeness (QED) is 0.300. The summed E-state index contributed by atoms with van der Waals surface area (Å²) < 4.78 is 9.53. The standard InChI is InChI=1S/C9H16O6/c1-3-7(12)14-9(5-10,6-11)15-8(13)4-2/h3-4,7-8,10-13H,1-2,5-6H2. The van der Waals surface area contributed by atoms with Gasteiger partial charge in [0, 0.05) is 0 Å². The molecule has 0 aromatic heterocycles. The van der Waals surface area contributed by atoms with E-state index in [4.69, 9.17) is 29.9 Å². The Bertz CT molecular complexity index is 183. The number of rotatable bonds is 8. The van der Waals surface area contributed by atoms with Crippen LogP contribution in [0.3, 0.4) is 0 Å². The molecule has 0 saturated heterocycles. The minimum atomic E-state index is -1.90. The van der Waals surface area contributed by atoms with Gasteiger partial charge in [0.1, 0.15) is 0 Å². The Morgan fingerprint density at radius 3 is 1.53 bits per heavy atom. The zero-order valence-corrected chi connectivity index (χ0v) is 8.24. The zero-order chi connectivity index (χ0) is 11.9. The fraction of sp³-hybridized carbons (Fsp3) is 0.556. The summed E-state index contributed by atoms with van der Waals surface area (Å²) in [5.41, 5.74) is 0. The molecule has 0 heterocycles. The van der Waals surface area contributed by atoms with Gasteiger partial charge in [-0.25, -0.2) is 0 Å². The Morgan fingerprint density at radius 1 is 1.00 bits per heavy atom. The molecule has 0 bridgehead atoms. The van der Waals surface area contributed by atoms with Crippen LogP contribution < -0.4 is 0 Å². The smallest absolute Gasteiger partial charge is 0.220 e. The SMILES string of the molecule is C=CC(O)OC(CO)(CO)OC(O)C=C. The molecular weight excluding hydrogens is 204 g/mol. The molecule has 0 aliphatic rings. The molecule has 4 N–H and O–H groups in total. The van der Waals surface area contributed by atoms with Gasteiger partial charge >= 0.3 is 0 Å². The van der Waals surface area contributed by atoms with Crippen molar-refractivity contribution in [1.29, 1.82) is 0 Å². The number of ether oxygens (including phenoxy) is 2. The molecule has 88 valence electrons. The first kappa shape index (κ1) is 14.2. The molecule has 15 heavy (non-hydrogen) atoms. The maximum atomic E-state index is 9.09. The van der Waals surface area contributed by atoms with E-state index in [2.05, 4.69) is 13.2 Å². The van der Waals surface area contributed by atoms with Crippen molar-refractivity contribution >= 4 is 0 Å². The molecule has 0 aromatic rings. The molecular formula is C9H16O6. The summed E-state index contributed by atoms with van der Waals surface area (Å²) in [6.45, 7) is 4.97. The first-order valence-corrected chi connectivity index (χ1v) is 4.22. The molecule has 0 saturated carbocycles. The molecule has 0 aliphatic heterocycles. The molecule has 0 rings (SSSR count). The second-order valence-electron chi connectivity index (χ2n) is 2.72. The van der Waals surface area contributed by atoms with E-state index in [1.165, 1.54) is 0 Å². The van der Waals surface area contributed by atoms with Crippen LogP contribution in [0, 0.1) is 0 Å². The zero-order valence-electron chi connectivity index (χ0n) is 8.24. The Kier molecular flexibility index (Phi) is 6.34. The fourth-order valence-electron chi connectivity index (χ4n) is 0.763. The predicted molar refractivity (Wildman–Crippen MR) is 51.5 cm³/mol. The van der Waals surface area contributed by atoms with Gasteiger partial charge in [-0.15, -0.1) is 0 Å². The van der Waals surface area contributed by atoms with Crippen molar-refractivity contribution in [2.45, 2.75) is 18.4 Å². The average molecular weight is 220 g/mol. The lowest BCUT2D eigenvalue weighted by Gasteiger charge is -2.32. The lowest BCUT2D eigenvalue weighted by Crippen LogP contribution is -2.48. The summed E-state index contributed by atoms with van der Waals surface area (Å²) in [5, 5.41) is 36.1. The summed E-state index contributed by atoms with van der Waals surface area (Å²) in [7, 11) is 0. The highest BCUT2D eigenvalue weighted by atomic mass is 16.8. The first-order valence-electron chi connectivity index (χ1n) is 4.22. The van der Waals surface area contributed by atoms with E-state index < -0.39 is 31.6 Å².